The van der Waals surface area contributed by atoms with Gasteiger partial charge in [0.25, 0.3) is 0 Å². The van der Waals surface area contributed by atoms with Gasteiger partial charge in [-0.3, -0.25) is 9.36 Å². The van der Waals surface area contributed by atoms with E-state index in [0.29, 0.717) is 18.2 Å². The molecule has 3 aromatic rings. The van der Waals surface area contributed by atoms with E-state index < -0.39 is 0 Å². The quantitative estimate of drug-likeness (QED) is 0.614. The third-order valence-corrected chi connectivity index (χ3v) is 6.09. The number of nitrogens with zero attached hydrogens (tertiary/aromatic N) is 4. The molecule has 1 aromatic heterocycles. The summed E-state index contributed by atoms with van der Waals surface area (Å²) in [6.07, 6.45) is 2.62. The Morgan fingerprint density at radius 3 is 2.61 bits per heavy atom. The highest BCUT2D eigenvalue weighted by Crippen LogP contribution is 2.24. The molecule has 0 radical (unpaired) electrons. The van der Waals surface area contributed by atoms with Crippen molar-refractivity contribution in [1.29, 1.82) is 0 Å². The number of hydrogen-bond acceptors (Lipinski definition) is 4. The highest BCUT2D eigenvalue weighted by atomic mass is 32.2. The lowest BCUT2D eigenvalue weighted by molar-refractivity contribution is -0.129. The van der Waals surface area contributed by atoms with Gasteiger partial charge in [0.2, 0.25) is 5.91 Å². The monoisotopic (exact) mass is 392 g/mol. The van der Waals surface area contributed by atoms with Gasteiger partial charge in [0, 0.05) is 18.8 Å². The van der Waals surface area contributed by atoms with Crippen LogP contribution in [0, 0.1) is 0 Å². The van der Waals surface area contributed by atoms with E-state index in [4.69, 9.17) is 0 Å². The summed E-state index contributed by atoms with van der Waals surface area (Å²) in [4.78, 5) is 14.7. The minimum atomic E-state index is 0.143. The third-order valence-electron chi connectivity index (χ3n) is 5.16. The number of hydrogen-bond donors (Lipinski definition) is 0. The lowest BCUT2D eigenvalue weighted by Gasteiger charge is -2.28. The normalized spacial score (nSPS) is 13.6. The highest BCUT2D eigenvalue weighted by molar-refractivity contribution is 7.99. The van der Waals surface area contributed by atoms with Gasteiger partial charge in [-0.25, -0.2) is 0 Å². The van der Waals surface area contributed by atoms with Gasteiger partial charge in [0.1, 0.15) is 6.33 Å². The summed E-state index contributed by atoms with van der Waals surface area (Å²) in [6.45, 7) is 5.83. The van der Waals surface area contributed by atoms with Crippen molar-refractivity contribution in [1.82, 2.24) is 19.7 Å². The Morgan fingerprint density at radius 2 is 1.86 bits per heavy atom. The van der Waals surface area contributed by atoms with Crippen LogP contribution in [0.2, 0.25) is 0 Å². The first-order valence-electron chi connectivity index (χ1n) is 9.59. The molecule has 1 aliphatic rings. The van der Waals surface area contributed by atoms with Crippen LogP contribution in [0.4, 0.5) is 0 Å². The minimum Gasteiger partial charge on any atom is -0.337 e. The van der Waals surface area contributed by atoms with Gasteiger partial charge in [-0.2, -0.15) is 0 Å². The smallest absolute Gasteiger partial charge is 0.233 e. The standard InChI is InChI=1S/C22H24N4OS/c1-16(2)17-7-9-20(10-8-17)26-15-23-24-22(26)28-14-21(27)25-12-11-18-5-3-4-6-19(18)13-25/h3-10,15-16H,11-14H2,1-2H3. The lowest BCUT2D eigenvalue weighted by atomic mass is 10.00. The summed E-state index contributed by atoms with van der Waals surface area (Å²) in [5.41, 5.74) is 4.91. The number of thioether (sulfide) groups is 1. The SMILES string of the molecule is CC(C)c1ccc(-n2cnnc2SCC(=O)N2CCc3ccccc3C2)cc1. The van der Waals surface area contributed by atoms with Crippen LogP contribution in [0.25, 0.3) is 5.69 Å². The van der Waals surface area contributed by atoms with Gasteiger partial charge in [-0.15, -0.1) is 10.2 Å². The van der Waals surface area contributed by atoms with Gasteiger partial charge in [-0.1, -0.05) is 62.0 Å². The molecule has 2 heterocycles. The van der Waals surface area contributed by atoms with E-state index in [1.807, 2.05) is 15.5 Å². The number of fused-ring (bicyclic) bond motifs is 1. The second-order valence-electron chi connectivity index (χ2n) is 7.35. The van der Waals surface area contributed by atoms with Gasteiger partial charge in [0.15, 0.2) is 5.16 Å². The van der Waals surface area contributed by atoms with Crippen LogP contribution in [0.3, 0.4) is 0 Å². The molecule has 4 rings (SSSR count). The number of carbonyl (C=O) groups is 1. The van der Waals surface area contributed by atoms with Crippen LogP contribution in [0.5, 0.6) is 0 Å². The van der Waals surface area contributed by atoms with Crippen molar-refractivity contribution in [2.75, 3.05) is 12.3 Å². The molecule has 144 valence electrons. The van der Waals surface area contributed by atoms with E-state index in [1.165, 1.54) is 28.5 Å². The molecule has 28 heavy (non-hydrogen) atoms. The predicted molar refractivity (Wildman–Crippen MR) is 112 cm³/mol. The number of aromatic nitrogens is 3. The maximum Gasteiger partial charge on any atom is 0.233 e. The first-order valence-corrected chi connectivity index (χ1v) is 10.6. The molecule has 0 fully saturated rings. The van der Waals surface area contributed by atoms with E-state index in [9.17, 15) is 4.79 Å². The van der Waals surface area contributed by atoms with Gasteiger partial charge in [0.05, 0.1) is 5.75 Å². The molecule has 0 saturated heterocycles. The van der Waals surface area contributed by atoms with Gasteiger partial charge in [-0.05, 0) is 41.2 Å². The molecule has 0 spiro atoms. The largest absolute Gasteiger partial charge is 0.337 e. The molecule has 1 amide bonds. The van der Waals surface area contributed by atoms with E-state index >= 15 is 0 Å². The van der Waals surface area contributed by atoms with E-state index in [1.54, 1.807) is 6.33 Å². The number of rotatable bonds is 5. The zero-order valence-electron chi connectivity index (χ0n) is 16.2. The van der Waals surface area contributed by atoms with Crippen LogP contribution in [0.15, 0.2) is 60.0 Å². The van der Waals surface area contributed by atoms with Crippen molar-refractivity contribution in [3.05, 3.63) is 71.5 Å². The maximum absolute atomic E-state index is 12.7. The fraction of sp³-hybridized carbons (Fsp3) is 0.318. The summed E-state index contributed by atoms with van der Waals surface area (Å²) < 4.78 is 1.94. The van der Waals surface area contributed by atoms with Crippen LogP contribution >= 0.6 is 11.8 Å². The summed E-state index contributed by atoms with van der Waals surface area (Å²) in [7, 11) is 0. The van der Waals surface area contributed by atoms with Crippen molar-refractivity contribution in [3.8, 4) is 5.69 Å². The molecule has 0 atom stereocenters. The molecule has 2 aromatic carbocycles. The first-order chi connectivity index (χ1) is 13.6. The fourth-order valence-electron chi connectivity index (χ4n) is 3.45. The summed E-state index contributed by atoms with van der Waals surface area (Å²) in [5, 5.41) is 8.99. The Kier molecular flexibility index (Phi) is 5.48. The molecule has 0 saturated carbocycles. The van der Waals surface area contributed by atoms with E-state index in [-0.39, 0.29) is 5.91 Å². The Bertz CT molecular complexity index is 965. The Morgan fingerprint density at radius 1 is 1.11 bits per heavy atom. The number of amides is 1. The molecule has 1 aliphatic heterocycles. The van der Waals surface area contributed by atoms with Gasteiger partial charge < -0.3 is 4.90 Å². The molecule has 0 bridgehead atoms. The molecule has 0 aliphatic carbocycles. The zero-order valence-corrected chi connectivity index (χ0v) is 17.0. The topological polar surface area (TPSA) is 51.0 Å². The van der Waals surface area contributed by atoms with E-state index in [0.717, 1.165) is 23.8 Å². The molecule has 0 N–H and O–H groups in total. The van der Waals surface area contributed by atoms with Crippen molar-refractivity contribution in [2.45, 2.75) is 37.9 Å². The Labute approximate surface area is 169 Å². The molecular weight excluding hydrogens is 368 g/mol. The average molecular weight is 393 g/mol. The number of carbonyl (C=O) groups excluding carboxylic acids is 1. The fourth-order valence-corrected chi connectivity index (χ4v) is 4.28. The second-order valence-corrected chi connectivity index (χ2v) is 8.29. The summed E-state index contributed by atoms with van der Waals surface area (Å²) >= 11 is 1.44. The second kappa shape index (κ2) is 8.19. The van der Waals surface area contributed by atoms with Crippen LogP contribution in [-0.4, -0.2) is 37.9 Å². The van der Waals surface area contributed by atoms with Crippen molar-refractivity contribution in [3.63, 3.8) is 0 Å². The number of benzene rings is 2. The minimum absolute atomic E-state index is 0.143. The van der Waals surface area contributed by atoms with Crippen molar-refractivity contribution in [2.24, 2.45) is 0 Å². The highest BCUT2D eigenvalue weighted by Gasteiger charge is 2.21. The van der Waals surface area contributed by atoms with Crippen molar-refractivity contribution >= 4 is 17.7 Å². The average Bonchev–Trinajstić information content (AvgIpc) is 3.20. The lowest BCUT2D eigenvalue weighted by Crippen LogP contribution is -2.37. The molecule has 5 nitrogen and oxygen atoms in total. The van der Waals surface area contributed by atoms with Crippen molar-refractivity contribution < 1.29 is 4.79 Å². The summed E-state index contributed by atoms with van der Waals surface area (Å²) in [6, 6.07) is 16.8. The first kappa shape index (κ1) is 18.7. The van der Waals surface area contributed by atoms with Crippen LogP contribution < -0.4 is 0 Å². The van der Waals surface area contributed by atoms with E-state index in [2.05, 4.69) is 66.5 Å². The summed E-state index contributed by atoms with van der Waals surface area (Å²) in [5.74, 6) is 1.01. The zero-order chi connectivity index (χ0) is 19.5. The third kappa shape index (κ3) is 3.97. The molecule has 0 unspecified atom stereocenters. The Balaban J connectivity index is 1.41. The maximum atomic E-state index is 12.7. The van der Waals surface area contributed by atoms with Gasteiger partial charge >= 0.3 is 0 Å². The molecular formula is C22H24N4OS. The van der Waals surface area contributed by atoms with Crippen LogP contribution in [-0.2, 0) is 17.8 Å². The molecule has 6 heteroatoms. The Hall–Kier alpha value is -2.60. The predicted octanol–water partition coefficient (Wildman–Crippen LogP) is 4.07. The van der Waals surface area contributed by atoms with Crippen LogP contribution in [0.1, 0.15) is 36.5 Å².